The predicted octanol–water partition coefficient (Wildman–Crippen LogP) is 6.73. The van der Waals surface area contributed by atoms with Crippen molar-refractivity contribution < 1.29 is 19.5 Å². The van der Waals surface area contributed by atoms with Gasteiger partial charge in [-0.1, -0.05) is 54.1 Å². The smallest absolute Gasteiger partial charge is 0.335 e. The Bertz CT molecular complexity index is 1420. The van der Waals surface area contributed by atoms with Crippen LogP contribution in [-0.2, 0) is 4.79 Å². The van der Waals surface area contributed by atoms with E-state index in [9.17, 15) is 19.5 Å². The standard InChI is InChI=1S/C30H26N2O4S/c1-19-8-11-22(12-9-19)28(33)31-24-14-16-25(17-15-24)37-27(21-6-4-3-5-7-21)29(34)32-26-18-23(30(35)36)13-10-20(26)2/h3-18,27H,1-2H3,(H,31,33)(H,32,34)(H,35,36). The lowest BCUT2D eigenvalue weighted by atomic mass is 10.1. The Morgan fingerprint density at radius 3 is 2.05 bits per heavy atom. The number of amides is 2. The van der Waals surface area contributed by atoms with Crippen molar-refractivity contribution in [2.24, 2.45) is 0 Å². The Morgan fingerprint density at radius 1 is 0.757 bits per heavy atom. The second kappa shape index (κ2) is 11.6. The number of aryl methyl sites for hydroxylation is 2. The van der Waals surface area contributed by atoms with Gasteiger partial charge in [-0.2, -0.15) is 0 Å². The molecule has 4 aromatic carbocycles. The molecule has 4 aromatic rings. The third kappa shape index (κ3) is 6.65. The highest BCUT2D eigenvalue weighted by Gasteiger charge is 2.23. The van der Waals surface area contributed by atoms with Crippen molar-refractivity contribution in [2.45, 2.75) is 24.0 Å². The van der Waals surface area contributed by atoms with Crippen molar-refractivity contribution in [1.82, 2.24) is 0 Å². The number of benzene rings is 4. The molecule has 0 aliphatic rings. The average Bonchev–Trinajstić information content (AvgIpc) is 2.90. The maximum Gasteiger partial charge on any atom is 0.335 e. The van der Waals surface area contributed by atoms with Crippen molar-refractivity contribution in [2.75, 3.05) is 10.6 Å². The van der Waals surface area contributed by atoms with E-state index in [4.69, 9.17) is 0 Å². The summed E-state index contributed by atoms with van der Waals surface area (Å²) in [7, 11) is 0. The topological polar surface area (TPSA) is 95.5 Å². The second-order valence-corrected chi connectivity index (χ2v) is 9.76. The van der Waals surface area contributed by atoms with Crippen molar-refractivity contribution >= 4 is 40.9 Å². The summed E-state index contributed by atoms with van der Waals surface area (Å²) in [6, 6.07) is 28.7. The Hall–Kier alpha value is -4.36. The van der Waals surface area contributed by atoms with Crippen LogP contribution in [0.25, 0.3) is 0 Å². The normalized spacial score (nSPS) is 11.4. The summed E-state index contributed by atoms with van der Waals surface area (Å²) < 4.78 is 0. The minimum absolute atomic E-state index is 0.105. The third-order valence-corrected chi connectivity index (χ3v) is 7.03. The lowest BCUT2D eigenvalue weighted by molar-refractivity contribution is -0.115. The van der Waals surface area contributed by atoms with Gasteiger partial charge in [-0.05, 0) is 73.5 Å². The number of carboxylic acid groups (broad SMARTS) is 1. The zero-order chi connectivity index (χ0) is 26.4. The molecule has 0 aliphatic heterocycles. The van der Waals surface area contributed by atoms with Crippen molar-refractivity contribution in [1.29, 1.82) is 0 Å². The largest absolute Gasteiger partial charge is 0.478 e. The van der Waals surface area contributed by atoms with E-state index < -0.39 is 11.2 Å². The molecule has 7 heteroatoms. The van der Waals surface area contributed by atoms with Gasteiger partial charge in [0.25, 0.3) is 5.91 Å². The lowest BCUT2D eigenvalue weighted by Gasteiger charge is -2.18. The van der Waals surface area contributed by atoms with Gasteiger partial charge in [0.1, 0.15) is 5.25 Å². The first-order valence-corrected chi connectivity index (χ1v) is 12.5. The van der Waals surface area contributed by atoms with E-state index in [0.29, 0.717) is 16.9 Å². The van der Waals surface area contributed by atoms with Gasteiger partial charge < -0.3 is 15.7 Å². The van der Waals surface area contributed by atoms with Crippen molar-refractivity contribution in [3.8, 4) is 0 Å². The van der Waals surface area contributed by atoms with E-state index in [0.717, 1.165) is 21.6 Å². The highest BCUT2D eigenvalue weighted by Crippen LogP contribution is 2.37. The molecule has 0 bridgehead atoms. The van der Waals surface area contributed by atoms with Crippen molar-refractivity contribution in [3.05, 3.63) is 125 Å². The molecule has 6 nitrogen and oxygen atoms in total. The molecule has 1 atom stereocenters. The molecule has 2 amide bonds. The minimum Gasteiger partial charge on any atom is -0.478 e. The van der Waals surface area contributed by atoms with Crippen LogP contribution in [0.1, 0.15) is 42.7 Å². The van der Waals surface area contributed by atoms with Crippen LogP contribution < -0.4 is 10.6 Å². The SMILES string of the molecule is Cc1ccc(C(=O)Nc2ccc(SC(C(=O)Nc3cc(C(=O)O)ccc3C)c3ccccc3)cc2)cc1. The predicted molar refractivity (Wildman–Crippen MR) is 147 cm³/mol. The number of rotatable bonds is 8. The summed E-state index contributed by atoms with van der Waals surface area (Å²) in [6.45, 7) is 3.78. The molecular formula is C30H26N2O4S. The van der Waals surface area contributed by atoms with Gasteiger partial charge in [0, 0.05) is 21.8 Å². The molecule has 0 radical (unpaired) electrons. The van der Waals surface area contributed by atoms with Crippen LogP contribution in [0.5, 0.6) is 0 Å². The minimum atomic E-state index is -1.06. The summed E-state index contributed by atoms with van der Waals surface area (Å²) in [5.41, 5.74) is 4.45. The first-order chi connectivity index (χ1) is 17.8. The molecule has 0 heterocycles. The molecule has 0 aliphatic carbocycles. The maximum absolute atomic E-state index is 13.4. The van der Waals surface area contributed by atoms with Gasteiger partial charge in [-0.15, -0.1) is 11.8 Å². The number of carbonyl (C=O) groups is 3. The van der Waals surface area contributed by atoms with E-state index >= 15 is 0 Å². The number of carbonyl (C=O) groups excluding carboxylic acids is 2. The van der Waals surface area contributed by atoms with Crippen LogP contribution in [-0.4, -0.2) is 22.9 Å². The Kier molecular flexibility index (Phi) is 8.05. The van der Waals surface area contributed by atoms with Gasteiger partial charge in [0.15, 0.2) is 0 Å². The number of carboxylic acids is 1. The summed E-state index contributed by atoms with van der Waals surface area (Å²) in [6.07, 6.45) is 0. The fraction of sp³-hybridized carbons (Fsp3) is 0.100. The first kappa shape index (κ1) is 25.7. The Labute approximate surface area is 219 Å². The average molecular weight is 511 g/mol. The monoisotopic (exact) mass is 510 g/mol. The number of nitrogens with one attached hydrogen (secondary N) is 2. The van der Waals surface area contributed by atoms with E-state index in [2.05, 4.69) is 10.6 Å². The molecule has 3 N–H and O–H groups in total. The van der Waals surface area contributed by atoms with Crippen molar-refractivity contribution in [3.63, 3.8) is 0 Å². The molecule has 0 fully saturated rings. The Balaban J connectivity index is 1.51. The molecule has 0 saturated carbocycles. The van der Waals surface area contributed by atoms with Crippen LogP contribution in [0, 0.1) is 13.8 Å². The van der Waals surface area contributed by atoms with Crippen LogP contribution in [0.2, 0.25) is 0 Å². The second-order valence-electron chi connectivity index (χ2n) is 8.58. The molecule has 0 spiro atoms. The quantitative estimate of drug-likeness (QED) is 0.229. The van der Waals surface area contributed by atoms with E-state index in [1.807, 2.05) is 68.4 Å². The van der Waals surface area contributed by atoms with Crippen LogP contribution in [0.4, 0.5) is 11.4 Å². The molecular weight excluding hydrogens is 484 g/mol. The summed E-state index contributed by atoms with van der Waals surface area (Å²) in [5, 5.41) is 14.5. The van der Waals surface area contributed by atoms with Gasteiger partial charge >= 0.3 is 5.97 Å². The number of thioether (sulfide) groups is 1. The zero-order valence-corrected chi connectivity index (χ0v) is 21.2. The number of aromatic carboxylic acids is 1. The van der Waals surface area contributed by atoms with Crippen LogP contribution in [0.15, 0.2) is 102 Å². The third-order valence-electron chi connectivity index (χ3n) is 5.76. The van der Waals surface area contributed by atoms with E-state index in [1.54, 1.807) is 30.3 Å². The van der Waals surface area contributed by atoms with Gasteiger partial charge in [0.2, 0.25) is 5.91 Å². The zero-order valence-electron chi connectivity index (χ0n) is 20.4. The van der Waals surface area contributed by atoms with Gasteiger partial charge in [-0.3, -0.25) is 9.59 Å². The number of hydrogen-bond donors (Lipinski definition) is 3. The van der Waals surface area contributed by atoms with E-state index in [-0.39, 0.29) is 17.4 Å². The summed E-state index contributed by atoms with van der Waals surface area (Å²) in [5.74, 6) is -1.52. The van der Waals surface area contributed by atoms with E-state index in [1.165, 1.54) is 23.9 Å². The molecule has 37 heavy (non-hydrogen) atoms. The number of hydrogen-bond acceptors (Lipinski definition) is 4. The molecule has 0 saturated heterocycles. The summed E-state index contributed by atoms with van der Waals surface area (Å²) in [4.78, 5) is 38.2. The highest BCUT2D eigenvalue weighted by molar-refractivity contribution is 8.00. The summed E-state index contributed by atoms with van der Waals surface area (Å²) >= 11 is 1.37. The van der Waals surface area contributed by atoms with Crippen LogP contribution in [0.3, 0.4) is 0 Å². The fourth-order valence-electron chi connectivity index (χ4n) is 3.65. The molecule has 0 aromatic heterocycles. The van der Waals surface area contributed by atoms with Gasteiger partial charge in [0.05, 0.1) is 5.56 Å². The lowest BCUT2D eigenvalue weighted by Crippen LogP contribution is -2.20. The maximum atomic E-state index is 13.4. The molecule has 4 rings (SSSR count). The van der Waals surface area contributed by atoms with Gasteiger partial charge in [-0.25, -0.2) is 4.79 Å². The Morgan fingerprint density at radius 2 is 1.41 bits per heavy atom. The first-order valence-electron chi connectivity index (χ1n) is 11.6. The fourth-order valence-corrected chi connectivity index (χ4v) is 4.67. The van der Waals surface area contributed by atoms with Crippen LogP contribution >= 0.6 is 11.8 Å². The molecule has 1 unspecified atom stereocenters. The number of anilines is 2. The highest BCUT2D eigenvalue weighted by atomic mass is 32.2. The molecule has 186 valence electrons.